The predicted molar refractivity (Wildman–Crippen MR) is 142 cm³/mol. The number of anilines is 1. The minimum absolute atomic E-state index is 0.1000. The van der Waals surface area contributed by atoms with Crippen molar-refractivity contribution in [2.75, 3.05) is 17.1 Å². The number of benzene rings is 2. The van der Waals surface area contributed by atoms with Gasteiger partial charge in [-0.05, 0) is 61.6 Å². The van der Waals surface area contributed by atoms with Gasteiger partial charge >= 0.3 is 0 Å². The monoisotopic (exact) mass is 521 g/mol. The molecule has 192 valence electrons. The lowest BCUT2D eigenvalue weighted by atomic mass is 9.87. The number of nitrogens with zero attached hydrogens (tertiary/aromatic N) is 2. The summed E-state index contributed by atoms with van der Waals surface area (Å²) in [4.78, 5) is 27.7. The minimum atomic E-state index is -3.78. The van der Waals surface area contributed by atoms with Crippen molar-refractivity contribution in [1.29, 1.82) is 0 Å². The van der Waals surface area contributed by atoms with Crippen LogP contribution in [-0.4, -0.2) is 50.0 Å². The van der Waals surface area contributed by atoms with Crippen molar-refractivity contribution in [2.45, 2.75) is 65.6 Å². The molecule has 0 aliphatic heterocycles. The third-order valence-electron chi connectivity index (χ3n) is 5.54. The Labute approximate surface area is 214 Å². The van der Waals surface area contributed by atoms with E-state index in [0.717, 1.165) is 21.7 Å². The first-order chi connectivity index (χ1) is 16.1. The van der Waals surface area contributed by atoms with Gasteiger partial charge in [-0.15, -0.1) is 0 Å². The topological polar surface area (TPSA) is 86.8 Å². The van der Waals surface area contributed by atoms with Gasteiger partial charge in [-0.3, -0.25) is 13.9 Å². The Hall–Kier alpha value is -2.58. The molecule has 2 aromatic rings. The zero-order valence-corrected chi connectivity index (χ0v) is 23.1. The van der Waals surface area contributed by atoms with E-state index in [1.54, 1.807) is 43.3 Å². The van der Waals surface area contributed by atoms with Gasteiger partial charge in [0.05, 0.1) is 11.9 Å². The van der Waals surface area contributed by atoms with Crippen molar-refractivity contribution < 1.29 is 18.0 Å². The van der Waals surface area contributed by atoms with Gasteiger partial charge in [-0.2, -0.15) is 0 Å². The quantitative estimate of drug-likeness (QED) is 0.531. The molecule has 1 atom stereocenters. The fourth-order valence-electron chi connectivity index (χ4n) is 3.56. The Morgan fingerprint density at radius 1 is 1.03 bits per heavy atom. The largest absolute Gasteiger partial charge is 0.352 e. The third kappa shape index (κ3) is 8.25. The lowest BCUT2D eigenvalue weighted by Crippen LogP contribution is -2.52. The second-order valence-corrected chi connectivity index (χ2v) is 12.4. The van der Waals surface area contributed by atoms with Gasteiger partial charge in [0.2, 0.25) is 21.8 Å². The summed E-state index contributed by atoms with van der Waals surface area (Å²) in [6.45, 7) is 11.2. The molecule has 2 amide bonds. The molecule has 0 aromatic heterocycles. The zero-order chi connectivity index (χ0) is 26.6. The van der Waals surface area contributed by atoms with Crippen molar-refractivity contribution in [1.82, 2.24) is 10.2 Å². The molecule has 1 N–H and O–H groups in total. The molecule has 0 aliphatic rings. The molecule has 1 unspecified atom stereocenters. The van der Waals surface area contributed by atoms with Crippen molar-refractivity contribution in [2.24, 2.45) is 0 Å². The van der Waals surface area contributed by atoms with Gasteiger partial charge in [0.15, 0.2) is 0 Å². The molecule has 9 heteroatoms. The number of carbonyl (C=O) groups excluding carboxylic acids is 2. The van der Waals surface area contributed by atoms with Crippen LogP contribution in [0.4, 0.5) is 5.69 Å². The van der Waals surface area contributed by atoms with Crippen LogP contribution in [0.1, 0.15) is 52.7 Å². The molecule has 0 aliphatic carbocycles. The minimum Gasteiger partial charge on any atom is -0.352 e. The van der Waals surface area contributed by atoms with Crippen LogP contribution in [0.3, 0.4) is 0 Å². The van der Waals surface area contributed by atoms with Crippen LogP contribution in [0, 0.1) is 0 Å². The normalized spacial score (nSPS) is 12.8. The molecular formula is C26H36ClN3O4S. The molecule has 0 saturated heterocycles. The molecule has 0 fully saturated rings. The van der Waals surface area contributed by atoms with Gasteiger partial charge in [0.1, 0.15) is 12.6 Å². The highest BCUT2D eigenvalue weighted by Gasteiger charge is 2.30. The Balaban J connectivity index is 2.40. The first-order valence-corrected chi connectivity index (χ1v) is 13.7. The number of hydrogen-bond donors (Lipinski definition) is 1. The van der Waals surface area contributed by atoms with Gasteiger partial charge in [-0.1, -0.05) is 56.6 Å². The standard InChI is InChI=1S/C26H36ClN3O4S/c1-18(2)28-25(32)19(3)29(16-20-9-8-10-22(27)15-20)24(31)17-30(35(7,33)34)23-13-11-21(12-14-23)26(4,5)6/h8-15,18-19H,16-17H2,1-7H3,(H,28,32). The second kappa shape index (κ2) is 11.4. The van der Waals surface area contributed by atoms with E-state index in [1.807, 2.05) is 26.0 Å². The first-order valence-electron chi connectivity index (χ1n) is 11.5. The van der Waals surface area contributed by atoms with E-state index in [0.29, 0.717) is 10.7 Å². The van der Waals surface area contributed by atoms with E-state index in [9.17, 15) is 18.0 Å². The summed E-state index contributed by atoms with van der Waals surface area (Å²) >= 11 is 6.12. The number of nitrogens with one attached hydrogen (secondary N) is 1. The molecular weight excluding hydrogens is 486 g/mol. The van der Waals surface area contributed by atoms with E-state index < -0.39 is 28.5 Å². The number of carbonyl (C=O) groups is 2. The number of halogens is 1. The smallest absolute Gasteiger partial charge is 0.244 e. The Morgan fingerprint density at radius 3 is 2.11 bits per heavy atom. The molecule has 35 heavy (non-hydrogen) atoms. The fourth-order valence-corrected chi connectivity index (χ4v) is 4.62. The molecule has 0 spiro atoms. The molecule has 0 radical (unpaired) electrons. The molecule has 0 heterocycles. The molecule has 2 aromatic carbocycles. The maximum atomic E-state index is 13.5. The van der Waals surface area contributed by atoms with Crippen LogP contribution >= 0.6 is 11.6 Å². The highest BCUT2D eigenvalue weighted by atomic mass is 35.5. The summed E-state index contributed by atoms with van der Waals surface area (Å²) < 4.78 is 26.4. The summed E-state index contributed by atoms with van der Waals surface area (Å²) in [6.07, 6.45) is 1.06. The maximum Gasteiger partial charge on any atom is 0.244 e. The average Bonchev–Trinajstić information content (AvgIpc) is 2.73. The van der Waals surface area contributed by atoms with Gasteiger partial charge < -0.3 is 10.2 Å². The van der Waals surface area contributed by atoms with Gasteiger partial charge in [-0.25, -0.2) is 8.42 Å². The Morgan fingerprint density at radius 2 is 1.63 bits per heavy atom. The molecule has 0 bridgehead atoms. The number of rotatable bonds is 9. The fraction of sp³-hybridized carbons (Fsp3) is 0.462. The SMILES string of the molecule is CC(C)NC(=O)C(C)N(Cc1cccc(Cl)c1)C(=O)CN(c1ccc(C(C)(C)C)cc1)S(C)(=O)=O. The van der Waals surface area contributed by atoms with Crippen LogP contribution < -0.4 is 9.62 Å². The molecule has 7 nitrogen and oxygen atoms in total. The summed E-state index contributed by atoms with van der Waals surface area (Å²) in [5, 5.41) is 3.33. The van der Waals surface area contributed by atoms with E-state index in [2.05, 4.69) is 26.1 Å². The number of hydrogen-bond acceptors (Lipinski definition) is 4. The summed E-state index contributed by atoms with van der Waals surface area (Å²) in [5.41, 5.74) is 2.06. The van der Waals surface area contributed by atoms with Gasteiger partial charge in [0, 0.05) is 17.6 Å². The van der Waals surface area contributed by atoms with Crippen molar-refractivity contribution in [3.8, 4) is 0 Å². The predicted octanol–water partition coefficient (Wildman–Crippen LogP) is 4.35. The van der Waals surface area contributed by atoms with E-state index in [-0.39, 0.29) is 23.9 Å². The van der Waals surface area contributed by atoms with Crippen LogP contribution in [0.15, 0.2) is 48.5 Å². The highest BCUT2D eigenvalue weighted by Crippen LogP contribution is 2.26. The maximum absolute atomic E-state index is 13.5. The summed E-state index contributed by atoms with van der Waals surface area (Å²) in [5.74, 6) is -0.822. The number of sulfonamides is 1. The summed E-state index contributed by atoms with van der Waals surface area (Å²) in [7, 11) is -3.78. The van der Waals surface area contributed by atoms with E-state index >= 15 is 0 Å². The zero-order valence-electron chi connectivity index (χ0n) is 21.5. The van der Waals surface area contributed by atoms with Crippen LogP contribution in [0.25, 0.3) is 0 Å². The van der Waals surface area contributed by atoms with Crippen LogP contribution in [-0.2, 0) is 31.6 Å². The third-order valence-corrected chi connectivity index (χ3v) is 6.92. The van der Waals surface area contributed by atoms with Crippen LogP contribution in [0.2, 0.25) is 5.02 Å². The highest BCUT2D eigenvalue weighted by molar-refractivity contribution is 7.92. The van der Waals surface area contributed by atoms with Crippen molar-refractivity contribution in [3.63, 3.8) is 0 Å². The molecule has 0 saturated carbocycles. The van der Waals surface area contributed by atoms with E-state index in [1.165, 1.54) is 4.90 Å². The average molecular weight is 522 g/mol. The number of amides is 2. The van der Waals surface area contributed by atoms with Crippen LogP contribution in [0.5, 0.6) is 0 Å². The van der Waals surface area contributed by atoms with Gasteiger partial charge in [0.25, 0.3) is 0 Å². The first kappa shape index (κ1) is 28.7. The Bertz CT molecular complexity index is 1140. The molecule has 2 rings (SSSR count). The summed E-state index contributed by atoms with van der Waals surface area (Å²) in [6, 6.07) is 13.2. The van der Waals surface area contributed by atoms with E-state index in [4.69, 9.17) is 11.6 Å². The Kier molecular flexibility index (Phi) is 9.36. The van der Waals surface area contributed by atoms with Crippen molar-refractivity contribution >= 4 is 39.1 Å². The lowest BCUT2D eigenvalue weighted by Gasteiger charge is -2.32. The van der Waals surface area contributed by atoms with Crippen molar-refractivity contribution in [3.05, 3.63) is 64.7 Å². The lowest BCUT2D eigenvalue weighted by molar-refractivity contribution is -0.139. The second-order valence-electron chi connectivity index (χ2n) is 10.1.